The van der Waals surface area contributed by atoms with Crippen molar-refractivity contribution in [3.8, 4) is 0 Å². The number of hydrogen-bond acceptors (Lipinski definition) is 4. The summed E-state index contributed by atoms with van der Waals surface area (Å²) in [6.45, 7) is 0.926. The van der Waals surface area contributed by atoms with Gasteiger partial charge in [0, 0.05) is 25.2 Å². The third kappa shape index (κ3) is 6.03. The summed E-state index contributed by atoms with van der Waals surface area (Å²) < 4.78 is 19.4. The number of ether oxygens (including phenoxy) is 1. The number of carboxylic acids is 1. The zero-order valence-corrected chi connectivity index (χ0v) is 18.8. The van der Waals surface area contributed by atoms with Crippen molar-refractivity contribution in [3.05, 3.63) is 59.4 Å². The van der Waals surface area contributed by atoms with Crippen LogP contribution in [0.2, 0.25) is 0 Å². The second kappa shape index (κ2) is 10.5. The van der Waals surface area contributed by atoms with Crippen molar-refractivity contribution in [2.75, 3.05) is 17.2 Å². The molecular weight excluding hydrogens is 441 g/mol. The molecular formula is C25H28FN3O5. The number of benzene rings is 2. The molecule has 0 aromatic heterocycles. The van der Waals surface area contributed by atoms with Gasteiger partial charge in [-0.3, -0.25) is 4.79 Å². The van der Waals surface area contributed by atoms with Gasteiger partial charge in [-0.15, -0.1) is 0 Å². The van der Waals surface area contributed by atoms with Crippen molar-refractivity contribution in [1.82, 2.24) is 4.90 Å². The number of aliphatic carboxylic acids is 1. The van der Waals surface area contributed by atoms with E-state index < -0.39 is 17.8 Å². The van der Waals surface area contributed by atoms with E-state index in [4.69, 9.17) is 9.84 Å². The van der Waals surface area contributed by atoms with E-state index in [-0.39, 0.29) is 30.2 Å². The highest BCUT2D eigenvalue weighted by Crippen LogP contribution is 2.30. The Bertz CT molecular complexity index is 1070. The first-order valence-corrected chi connectivity index (χ1v) is 11.5. The molecule has 0 saturated heterocycles. The molecule has 1 saturated carbocycles. The lowest BCUT2D eigenvalue weighted by molar-refractivity contribution is -0.138. The maximum absolute atomic E-state index is 13.7. The lowest BCUT2D eigenvalue weighted by atomic mass is 9.85. The van der Waals surface area contributed by atoms with Crippen LogP contribution in [0, 0.1) is 11.7 Å². The van der Waals surface area contributed by atoms with Crippen LogP contribution >= 0.6 is 0 Å². The Morgan fingerprint density at radius 3 is 2.53 bits per heavy atom. The van der Waals surface area contributed by atoms with Gasteiger partial charge in [0.25, 0.3) is 0 Å². The lowest BCUT2D eigenvalue weighted by Crippen LogP contribution is -2.39. The average molecular weight is 470 g/mol. The minimum absolute atomic E-state index is 0.0995. The van der Waals surface area contributed by atoms with Gasteiger partial charge in [0.2, 0.25) is 0 Å². The van der Waals surface area contributed by atoms with Crippen LogP contribution in [0.4, 0.5) is 25.4 Å². The molecule has 0 bridgehead atoms. The van der Waals surface area contributed by atoms with Crippen molar-refractivity contribution in [2.24, 2.45) is 5.92 Å². The van der Waals surface area contributed by atoms with Crippen LogP contribution < -0.4 is 10.6 Å². The number of anilines is 2. The van der Waals surface area contributed by atoms with Crippen LogP contribution in [0.15, 0.2) is 42.5 Å². The lowest BCUT2D eigenvalue weighted by Gasteiger charge is -2.32. The summed E-state index contributed by atoms with van der Waals surface area (Å²) in [5.41, 5.74) is 2.69. The molecule has 2 aromatic rings. The molecule has 0 radical (unpaired) electrons. The van der Waals surface area contributed by atoms with Crippen LogP contribution in [0.1, 0.15) is 43.2 Å². The first-order valence-electron chi connectivity index (χ1n) is 11.5. The number of nitrogens with one attached hydrogen (secondary N) is 2. The van der Waals surface area contributed by atoms with Crippen LogP contribution in [-0.2, 0) is 22.5 Å². The average Bonchev–Trinajstić information content (AvgIpc) is 2.81. The molecule has 0 spiro atoms. The molecule has 4 rings (SSSR count). The number of carboxylic acid groups (broad SMARTS) is 1. The Morgan fingerprint density at radius 2 is 1.79 bits per heavy atom. The van der Waals surface area contributed by atoms with Gasteiger partial charge in [0.15, 0.2) is 0 Å². The second-order valence-corrected chi connectivity index (χ2v) is 8.84. The zero-order valence-electron chi connectivity index (χ0n) is 18.8. The van der Waals surface area contributed by atoms with Gasteiger partial charge >= 0.3 is 18.1 Å². The summed E-state index contributed by atoms with van der Waals surface area (Å²) >= 11 is 0. The summed E-state index contributed by atoms with van der Waals surface area (Å²) in [5, 5.41) is 14.1. The van der Waals surface area contributed by atoms with E-state index >= 15 is 0 Å². The Kier molecular flexibility index (Phi) is 7.30. The van der Waals surface area contributed by atoms with E-state index in [0.29, 0.717) is 38.0 Å². The van der Waals surface area contributed by atoms with E-state index in [1.807, 2.05) is 12.1 Å². The highest BCUT2D eigenvalue weighted by Gasteiger charge is 2.28. The van der Waals surface area contributed by atoms with Gasteiger partial charge < -0.3 is 25.4 Å². The SMILES string of the molecule is O=C(O)CC1CCC(OC(=O)N2CCc3cc(NC(=O)Nc4ccccc4F)ccc3C2)CC1. The summed E-state index contributed by atoms with van der Waals surface area (Å²) in [6.07, 6.45) is 3.18. The van der Waals surface area contributed by atoms with Gasteiger partial charge in [-0.2, -0.15) is 0 Å². The van der Waals surface area contributed by atoms with Gasteiger partial charge in [0.1, 0.15) is 11.9 Å². The van der Waals surface area contributed by atoms with Crippen molar-refractivity contribution < 1.29 is 28.6 Å². The topological polar surface area (TPSA) is 108 Å². The minimum Gasteiger partial charge on any atom is -0.481 e. The van der Waals surface area contributed by atoms with E-state index in [9.17, 15) is 18.8 Å². The number of para-hydroxylation sites is 1. The highest BCUT2D eigenvalue weighted by molar-refractivity contribution is 5.99. The first kappa shape index (κ1) is 23.5. The minimum atomic E-state index is -0.781. The van der Waals surface area contributed by atoms with Crippen LogP contribution in [0.25, 0.3) is 0 Å². The summed E-state index contributed by atoms with van der Waals surface area (Å²) in [7, 11) is 0. The molecule has 8 nitrogen and oxygen atoms in total. The van der Waals surface area contributed by atoms with Crippen molar-refractivity contribution in [3.63, 3.8) is 0 Å². The number of carbonyl (C=O) groups excluding carboxylic acids is 2. The van der Waals surface area contributed by atoms with E-state index in [1.54, 1.807) is 23.1 Å². The quantitative estimate of drug-likeness (QED) is 0.571. The molecule has 34 heavy (non-hydrogen) atoms. The van der Waals surface area contributed by atoms with E-state index in [2.05, 4.69) is 10.6 Å². The highest BCUT2D eigenvalue weighted by atomic mass is 19.1. The fraction of sp³-hybridized carbons (Fsp3) is 0.400. The number of halogens is 1. The van der Waals surface area contributed by atoms with Gasteiger partial charge in [-0.25, -0.2) is 14.0 Å². The molecule has 1 aliphatic heterocycles. The van der Waals surface area contributed by atoms with Gasteiger partial charge in [-0.05, 0) is 73.4 Å². The predicted molar refractivity (Wildman–Crippen MR) is 124 cm³/mol. The summed E-state index contributed by atoms with van der Waals surface area (Å²) in [6, 6.07) is 10.9. The van der Waals surface area contributed by atoms with Gasteiger partial charge in [-0.1, -0.05) is 18.2 Å². The first-order chi connectivity index (χ1) is 16.4. The Hall–Kier alpha value is -3.62. The second-order valence-electron chi connectivity index (χ2n) is 8.84. The third-order valence-electron chi connectivity index (χ3n) is 6.38. The maximum Gasteiger partial charge on any atom is 0.410 e. The molecule has 1 aliphatic carbocycles. The summed E-state index contributed by atoms with van der Waals surface area (Å²) in [5.74, 6) is -1.13. The molecule has 0 unspecified atom stereocenters. The molecule has 2 aliphatic rings. The fourth-order valence-electron chi connectivity index (χ4n) is 4.55. The standard InChI is InChI=1S/C25H28FN3O5/c26-21-3-1-2-4-22(21)28-24(32)27-19-8-7-18-15-29(12-11-17(18)14-19)25(33)34-20-9-5-16(6-10-20)13-23(30)31/h1-4,7-8,14,16,20H,5-6,9-13,15H2,(H,30,31)(H2,27,28,32). The van der Waals surface area contributed by atoms with Crippen LogP contribution in [-0.4, -0.2) is 40.7 Å². The fourth-order valence-corrected chi connectivity index (χ4v) is 4.55. The van der Waals surface area contributed by atoms with Crippen LogP contribution in [0.3, 0.4) is 0 Å². The largest absolute Gasteiger partial charge is 0.481 e. The molecule has 3 amide bonds. The number of urea groups is 1. The van der Waals surface area contributed by atoms with E-state index in [0.717, 1.165) is 24.0 Å². The number of fused-ring (bicyclic) bond motifs is 1. The molecule has 2 aromatic carbocycles. The van der Waals surface area contributed by atoms with Crippen LogP contribution in [0.5, 0.6) is 0 Å². The van der Waals surface area contributed by atoms with Crippen molar-refractivity contribution >= 4 is 29.5 Å². The Labute approximate surface area is 197 Å². The van der Waals surface area contributed by atoms with E-state index in [1.165, 1.54) is 12.1 Å². The Balaban J connectivity index is 1.28. The van der Waals surface area contributed by atoms with Crippen molar-refractivity contribution in [1.29, 1.82) is 0 Å². The molecule has 1 heterocycles. The Morgan fingerprint density at radius 1 is 1.03 bits per heavy atom. The monoisotopic (exact) mass is 469 g/mol. The molecule has 1 fully saturated rings. The number of hydrogen-bond donors (Lipinski definition) is 3. The molecule has 180 valence electrons. The van der Waals surface area contributed by atoms with Gasteiger partial charge in [0.05, 0.1) is 5.69 Å². The number of rotatable bonds is 5. The third-order valence-corrected chi connectivity index (χ3v) is 6.38. The molecule has 0 atom stereocenters. The molecule has 9 heteroatoms. The number of carbonyl (C=O) groups is 3. The normalized spacial score (nSPS) is 19.6. The number of amides is 3. The van der Waals surface area contributed by atoms with Crippen molar-refractivity contribution in [2.45, 2.75) is 51.2 Å². The number of nitrogens with zero attached hydrogens (tertiary/aromatic N) is 1. The maximum atomic E-state index is 13.7. The molecule has 3 N–H and O–H groups in total. The smallest absolute Gasteiger partial charge is 0.410 e. The summed E-state index contributed by atoms with van der Waals surface area (Å²) in [4.78, 5) is 37.4. The predicted octanol–water partition coefficient (Wildman–Crippen LogP) is 5.00. The zero-order chi connectivity index (χ0) is 24.1.